The van der Waals surface area contributed by atoms with Crippen molar-refractivity contribution < 1.29 is 0 Å². The van der Waals surface area contributed by atoms with Gasteiger partial charge in [-0.2, -0.15) is 5.10 Å². The van der Waals surface area contributed by atoms with Gasteiger partial charge in [-0.15, -0.1) is 0 Å². The van der Waals surface area contributed by atoms with E-state index in [0.29, 0.717) is 6.04 Å². The minimum absolute atomic E-state index is 0.490. The quantitative estimate of drug-likeness (QED) is 0.773. The fraction of sp³-hybridized carbons (Fsp3) is 0.727. The van der Waals surface area contributed by atoms with Gasteiger partial charge < -0.3 is 5.32 Å². The van der Waals surface area contributed by atoms with Gasteiger partial charge in [0.2, 0.25) is 0 Å². The van der Waals surface area contributed by atoms with E-state index >= 15 is 0 Å². The highest BCUT2D eigenvalue weighted by Crippen LogP contribution is 2.28. The van der Waals surface area contributed by atoms with Crippen molar-refractivity contribution in [1.82, 2.24) is 15.1 Å². The van der Waals surface area contributed by atoms with Crippen LogP contribution in [0.25, 0.3) is 0 Å². The molecule has 0 saturated heterocycles. The van der Waals surface area contributed by atoms with Crippen molar-refractivity contribution in [3.63, 3.8) is 0 Å². The number of rotatable bonds is 5. The Morgan fingerprint density at radius 3 is 2.93 bits per heavy atom. The third-order valence-electron chi connectivity index (χ3n) is 2.89. The number of hydrogen-bond donors (Lipinski definition) is 1. The molecule has 1 unspecified atom stereocenters. The summed E-state index contributed by atoms with van der Waals surface area (Å²) in [6.07, 6.45) is 8.04. The first-order valence-electron chi connectivity index (χ1n) is 5.51. The fourth-order valence-electron chi connectivity index (χ4n) is 1.75. The zero-order valence-electron chi connectivity index (χ0n) is 9.03. The molecule has 0 spiro atoms. The summed E-state index contributed by atoms with van der Waals surface area (Å²) in [5.74, 6) is 0.945. The number of aryl methyl sites for hydroxylation is 1. The lowest BCUT2D eigenvalue weighted by Crippen LogP contribution is -2.22. The van der Waals surface area contributed by atoms with Crippen LogP contribution in [-0.4, -0.2) is 16.3 Å². The highest BCUT2D eigenvalue weighted by atomic mass is 15.2. The number of aromatic nitrogens is 2. The van der Waals surface area contributed by atoms with Crippen LogP contribution in [-0.2, 0) is 7.05 Å². The molecular weight excluding hydrogens is 174 g/mol. The van der Waals surface area contributed by atoms with E-state index in [1.165, 1.54) is 24.9 Å². The molecule has 1 aliphatic rings. The first-order chi connectivity index (χ1) is 6.79. The lowest BCUT2D eigenvalue weighted by atomic mass is 10.1. The summed E-state index contributed by atoms with van der Waals surface area (Å²) in [6.45, 7) is 3.39. The topological polar surface area (TPSA) is 29.9 Å². The summed E-state index contributed by atoms with van der Waals surface area (Å²) in [5.41, 5.74) is 1.32. The molecule has 1 aromatic rings. The van der Waals surface area contributed by atoms with Crippen molar-refractivity contribution in [2.24, 2.45) is 13.0 Å². The van der Waals surface area contributed by atoms with Crippen molar-refractivity contribution in [2.45, 2.75) is 32.2 Å². The Balaban J connectivity index is 1.90. The Kier molecular flexibility index (Phi) is 2.87. The summed E-state index contributed by atoms with van der Waals surface area (Å²) in [5, 5.41) is 7.81. The summed E-state index contributed by atoms with van der Waals surface area (Å²) < 4.78 is 1.87. The highest BCUT2D eigenvalue weighted by Gasteiger charge is 2.22. The molecular formula is C11H19N3. The van der Waals surface area contributed by atoms with E-state index in [0.717, 1.165) is 12.3 Å². The van der Waals surface area contributed by atoms with Gasteiger partial charge in [0.25, 0.3) is 0 Å². The molecule has 1 N–H and O–H groups in total. The normalized spacial score (nSPS) is 18.4. The van der Waals surface area contributed by atoms with E-state index in [9.17, 15) is 0 Å². The van der Waals surface area contributed by atoms with Crippen LogP contribution in [0.3, 0.4) is 0 Å². The van der Waals surface area contributed by atoms with Crippen LogP contribution in [0.15, 0.2) is 12.4 Å². The van der Waals surface area contributed by atoms with Crippen LogP contribution < -0.4 is 5.32 Å². The molecule has 0 aromatic carbocycles. The minimum atomic E-state index is 0.490. The molecule has 1 atom stereocenters. The van der Waals surface area contributed by atoms with Gasteiger partial charge in [-0.3, -0.25) is 4.68 Å². The summed E-state index contributed by atoms with van der Waals surface area (Å²) in [7, 11) is 1.97. The average molecular weight is 193 g/mol. The highest BCUT2D eigenvalue weighted by molar-refractivity contribution is 5.10. The Morgan fingerprint density at radius 1 is 1.64 bits per heavy atom. The molecule has 1 heterocycles. The molecule has 1 fully saturated rings. The maximum Gasteiger partial charge on any atom is 0.0537 e. The standard InChI is InChI=1S/C11H19N3/c1-3-11(12-6-9-4-5-9)10-7-13-14(2)8-10/h7-9,11-12H,3-6H2,1-2H3. The van der Waals surface area contributed by atoms with Crippen molar-refractivity contribution in [3.8, 4) is 0 Å². The van der Waals surface area contributed by atoms with E-state index < -0.39 is 0 Å². The van der Waals surface area contributed by atoms with Gasteiger partial charge in [-0.05, 0) is 31.7 Å². The zero-order chi connectivity index (χ0) is 9.97. The Labute approximate surface area is 85.5 Å². The molecule has 1 saturated carbocycles. The molecule has 0 amide bonds. The monoisotopic (exact) mass is 193 g/mol. The molecule has 78 valence electrons. The number of nitrogens with one attached hydrogen (secondary N) is 1. The van der Waals surface area contributed by atoms with Gasteiger partial charge in [-0.25, -0.2) is 0 Å². The van der Waals surface area contributed by atoms with Crippen LogP contribution in [0.1, 0.15) is 37.8 Å². The van der Waals surface area contributed by atoms with Crippen LogP contribution in [0, 0.1) is 5.92 Å². The van der Waals surface area contributed by atoms with E-state index in [2.05, 4.69) is 23.5 Å². The van der Waals surface area contributed by atoms with Crippen molar-refractivity contribution in [2.75, 3.05) is 6.54 Å². The van der Waals surface area contributed by atoms with Crippen molar-refractivity contribution in [3.05, 3.63) is 18.0 Å². The lowest BCUT2D eigenvalue weighted by molar-refractivity contribution is 0.502. The van der Waals surface area contributed by atoms with E-state index in [-0.39, 0.29) is 0 Å². The number of nitrogens with zero attached hydrogens (tertiary/aromatic N) is 2. The van der Waals surface area contributed by atoms with Gasteiger partial charge in [-0.1, -0.05) is 6.92 Å². The molecule has 3 nitrogen and oxygen atoms in total. The lowest BCUT2D eigenvalue weighted by Gasteiger charge is -2.14. The maximum absolute atomic E-state index is 4.20. The van der Waals surface area contributed by atoms with E-state index in [4.69, 9.17) is 0 Å². The second kappa shape index (κ2) is 4.13. The van der Waals surface area contributed by atoms with Crippen LogP contribution in [0.2, 0.25) is 0 Å². The smallest absolute Gasteiger partial charge is 0.0537 e. The van der Waals surface area contributed by atoms with Crippen LogP contribution in [0.5, 0.6) is 0 Å². The van der Waals surface area contributed by atoms with E-state index in [1.54, 1.807) is 0 Å². The largest absolute Gasteiger partial charge is 0.310 e. The van der Waals surface area contributed by atoms with Crippen LogP contribution >= 0.6 is 0 Å². The van der Waals surface area contributed by atoms with Gasteiger partial charge in [0.15, 0.2) is 0 Å². The first kappa shape index (κ1) is 9.71. The molecule has 2 rings (SSSR count). The summed E-state index contributed by atoms with van der Waals surface area (Å²) in [6, 6.07) is 0.490. The van der Waals surface area contributed by atoms with E-state index in [1.807, 2.05) is 17.9 Å². The molecule has 1 aliphatic carbocycles. The molecule has 0 radical (unpaired) electrons. The van der Waals surface area contributed by atoms with Crippen LogP contribution in [0.4, 0.5) is 0 Å². The fourth-order valence-corrected chi connectivity index (χ4v) is 1.75. The third kappa shape index (κ3) is 2.35. The predicted octanol–water partition coefficient (Wildman–Crippen LogP) is 1.87. The third-order valence-corrected chi connectivity index (χ3v) is 2.89. The Bertz CT molecular complexity index is 288. The predicted molar refractivity (Wildman–Crippen MR) is 57.0 cm³/mol. The maximum atomic E-state index is 4.20. The SMILES string of the molecule is CCC(NCC1CC1)c1cnn(C)c1. The summed E-state index contributed by atoms with van der Waals surface area (Å²) >= 11 is 0. The first-order valence-corrected chi connectivity index (χ1v) is 5.51. The average Bonchev–Trinajstić information content (AvgIpc) is 2.90. The van der Waals surface area contributed by atoms with Crippen molar-refractivity contribution in [1.29, 1.82) is 0 Å². The van der Waals surface area contributed by atoms with Gasteiger partial charge in [0, 0.05) is 24.8 Å². The Morgan fingerprint density at radius 2 is 2.43 bits per heavy atom. The zero-order valence-corrected chi connectivity index (χ0v) is 9.03. The van der Waals surface area contributed by atoms with Gasteiger partial charge in [0.05, 0.1) is 6.20 Å². The molecule has 14 heavy (non-hydrogen) atoms. The second-order valence-corrected chi connectivity index (χ2v) is 4.26. The van der Waals surface area contributed by atoms with Gasteiger partial charge >= 0.3 is 0 Å². The Hall–Kier alpha value is -0.830. The molecule has 1 aromatic heterocycles. The molecule has 3 heteroatoms. The van der Waals surface area contributed by atoms with Crippen molar-refractivity contribution >= 4 is 0 Å². The second-order valence-electron chi connectivity index (χ2n) is 4.26. The van der Waals surface area contributed by atoms with Gasteiger partial charge in [0.1, 0.15) is 0 Å². The molecule has 0 bridgehead atoms. The summed E-state index contributed by atoms with van der Waals surface area (Å²) in [4.78, 5) is 0. The number of hydrogen-bond acceptors (Lipinski definition) is 2. The minimum Gasteiger partial charge on any atom is -0.310 e. The molecule has 0 aliphatic heterocycles.